The third-order valence-corrected chi connectivity index (χ3v) is 3.51. The van der Waals surface area contributed by atoms with E-state index in [1.807, 2.05) is 0 Å². The fourth-order valence-corrected chi connectivity index (χ4v) is 2.44. The van der Waals surface area contributed by atoms with E-state index in [0.717, 1.165) is 19.3 Å². The Morgan fingerprint density at radius 3 is 2.21 bits per heavy atom. The maximum absolute atomic E-state index is 13.2. The van der Waals surface area contributed by atoms with Gasteiger partial charge in [0.15, 0.2) is 0 Å². The molecule has 3 atom stereocenters. The third-order valence-electron chi connectivity index (χ3n) is 3.51. The van der Waals surface area contributed by atoms with Gasteiger partial charge in [-0.1, -0.05) is 0 Å². The molecule has 4 nitrogen and oxygen atoms in total. The molecule has 0 aromatic heterocycles. The van der Waals surface area contributed by atoms with Crippen molar-refractivity contribution in [3.05, 3.63) is 24.0 Å². The third kappa shape index (κ3) is 3.58. The van der Waals surface area contributed by atoms with Gasteiger partial charge >= 0.3 is 0 Å². The van der Waals surface area contributed by atoms with Crippen molar-refractivity contribution in [2.45, 2.75) is 37.6 Å². The minimum atomic E-state index is -0.355. The molecular weight excluding hydrogens is 249 g/mol. The zero-order valence-electron chi connectivity index (χ0n) is 11.3. The van der Waals surface area contributed by atoms with Crippen LogP contribution in [0.4, 0.5) is 10.1 Å². The van der Waals surface area contributed by atoms with Gasteiger partial charge in [0.2, 0.25) is 0 Å². The summed E-state index contributed by atoms with van der Waals surface area (Å²) in [6.07, 6.45) is 2.48. The Bertz CT molecular complexity index is 415. The topological polar surface area (TPSA) is 53.7 Å². The van der Waals surface area contributed by atoms with Crippen molar-refractivity contribution >= 4 is 5.69 Å². The number of halogens is 1. The summed E-state index contributed by atoms with van der Waals surface area (Å²) in [7, 11) is 3.35. The summed E-state index contributed by atoms with van der Waals surface area (Å²) in [4.78, 5) is 0. The molecule has 1 aromatic carbocycles. The number of anilines is 1. The van der Waals surface area contributed by atoms with Crippen molar-refractivity contribution in [1.82, 2.24) is 0 Å². The fraction of sp³-hybridized carbons (Fsp3) is 0.571. The number of hydrogen-bond donors (Lipinski definition) is 1. The summed E-state index contributed by atoms with van der Waals surface area (Å²) in [5.74, 6) is 0.0307. The Morgan fingerprint density at radius 1 is 1.05 bits per heavy atom. The first-order valence-corrected chi connectivity index (χ1v) is 6.39. The summed E-state index contributed by atoms with van der Waals surface area (Å²) in [5.41, 5.74) is 6.23. The molecule has 0 saturated heterocycles. The molecule has 1 saturated carbocycles. The Hall–Kier alpha value is -1.33. The average Bonchev–Trinajstić information content (AvgIpc) is 2.42. The van der Waals surface area contributed by atoms with Crippen molar-refractivity contribution in [3.63, 3.8) is 0 Å². The highest BCUT2D eigenvalue weighted by atomic mass is 19.1. The van der Waals surface area contributed by atoms with Gasteiger partial charge in [-0.05, 0) is 12.1 Å². The molecule has 1 aliphatic rings. The molecule has 0 heterocycles. The SMILES string of the molecule is CO[C@@H]1C[C@H](OC)C[C@H](Oc2cc(F)ccc2N)C1. The van der Waals surface area contributed by atoms with Crippen LogP contribution in [0.2, 0.25) is 0 Å². The van der Waals surface area contributed by atoms with Gasteiger partial charge in [0.05, 0.1) is 17.9 Å². The highest BCUT2D eigenvalue weighted by molar-refractivity contribution is 5.52. The second kappa shape index (κ2) is 6.21. The standard InChI is InChI=1S/C14H20FNO3/c1-17-10-6-11(18-2)8-12(7-10)19-14-5-9(15)3-4-13(14)16/h3-5,10-12H,6-8,16H2,1-2H3/t10-,11+,12-. The molecule has 0 amide bonds. The average molecular weight is 269 g/mol. The van der Waals surface area contributed by atoms with E-state index < -0.39 is 0 Å². The van der Waals surface area contributed by atoms with Crippen molar-refractivity contribution in [2.75, 3.05) is 20.0 Å². The highest BCUT2D eigenvalue weighted by Gasteiger charge is 2.30. The normalized spacial score (nSPS) is 27.2. The van der Waals surface area contributed by atoms with Gasteiger partial charge in [0.1, 0.15) is 17.7 Å². The molecule has 106 valence electrons. The van der Waals surface area contributed by atoms with E-state index in [2.05, 4.69) is 0 Å². The first-order valence-electron chi connectivity index (χ1n) is 6.39. The van der Waals surface area contributed by atoms with Crippen LogP contribution < -0.4 is 10.5 Å². The molecule has 0 unspecified atom stereocenters. The molecule has 1 fully saturated rings. The van der Waals surface area contributed by atoms with Gasteiger partial charge in [-0.25, -0.2) is 4.39 Å². The van der Waals surface area contributed by atoms with Gasteiger partial charge in [-0.2, -0.15) is 0 Å². The van der Waals surface area contributed by atoms with Crippen LogP contribution in [0.3, 0.4) is 0 Å². The van der Waals surface area contributed by atoms with Crippen LogP contribution in [-0.2, 0) is 9.47 Å². The number of benzene rings is 1. The molecule has 5 heteroatoms. The predicted molar refractivity (Wildman–Crippen MR) is 70.7 cm³/mol. The number of methoxy groups -OCH3 is 2. The van der Waals surface area contributed by atoms with Crippen LogP contribution in [0.25, 0.3) is 0 Å². The predicted octanol–water partition coefficient (Wildman–Crippen LogP) is 2.37. The molecule has 2 rings (SSSR count). The van der Waals surface area contributed by atoms with Crippen LogP contribution in [0.1, 0.15) is 19.3 Å². The Morgan fingerprint density at radius 2 is 1.63 bits per heavy atom. The van der Waals surface area contributed by atoms with Crippen molar-refractivity contribution in [1.29, 1.82) is 0 Å². The van der Waals surface area contributed by atoms with Crippen LogP contribution in [-0.4, -0.2) is 32.5 Å². The minimum Gasteiger partial charge on any atom is -0.488 e. The summed E-state index contributed by atoms with van der Waals surface area (Å²) >= 11 is 0. The molecule has 19 heavy (non-hydrogen) atoms. The van der Waals surface area contributed by atoms with E-state index in [4.69, 9.17) is 19.9 Å². The second-order valence-electron chi connectivity index (χ2n) is 4.84. The van der Waals surface area contributed by atoms with Crippen LogP contribution in [0.5, 0.6) is 5.75 Å². The molecule has 1 aromatic rings. The summed E-state index contributed by atoms with van der Waals surface area (Å²) in [6, 6.07) is 4.14. The lowest BCUT2D eigenvalue weighted by atomic mass is 9.92. The van der Waals surface area contributed by atoms with Crippen LogP contribution >= 0.6 is 0 Å². The summed E-state index contributed by atoms with van der Waals surface area (Å²) in [6.45, 7) is 0. The first kappa shape index (κ1) is 14.1. The molecule has 1 aliphatic carbocycles. The maximum Gasteiger partial charge on any atom is 0.145 e. The minimum absolute atomic E-state index is 0.0762. The Balaban J connectivity index is 2.06. The van der Waals surface area contributed by atoms with Gasteiger partial charge in [-0.15, -0.1) is 0 Å². The zero-order valence-corrected chi connectivity index (χ0v) is 11.3. The van der Waals surface area contributed by atoms with E-state index in [1.54, 1.807) is 14.2 Å². The fourth-order valence-electron chi connectivity index (χ4n) is 2.44. The van der Waals surface area contributed by atoms with E-state index in [9.17, 15) is 4.39 Å². The van der Waals surface area contributed by atoms with Crippen molar-refractivity contribution in [2.24, 2.45) is 0 Å². The Labute approximate surface area is 112 Å². The number of ether oxygens (including phenoxy) is 3. The summed E-state index contributed by atoms with van der Waals surface area (Å²) < 4.78 is 29.8. The molecule has 0 aliphatic heterocycles. The van der Waals surface area contributed by atoms with Gasteiger partial charge in [-0.3, -0.25) is 0 Å². The van der Waals surface area contributed by atoms with Gasteiger partial charge in [0.25, 0.3) is 0 Å². The van der Waals surface area contributed by atoms with E-state index >= 15 is 0 Å². The number of nitrogen functional groups attached to an aromatic ring is 1. The van der Waals surface area contributed by atoms with Crippen LogP contribution in [0.15, 0.2) is 18.2 Å². The molecule has 0 radical (unpaired) electrons. The van der Waals surface area contributed by atoms with E-state index in [0.29, 0.717) is 11.4 Å². The van der Waals surface area contributed by atoms with Gasteiger partial charge in [0, 0.05) is 39.5 Å². The van der Waals surface area contributed by atoms with E-state index in [-0.39, 0.29) is 24.1 Å². The Kier molecular flexibility index (Phi) is 4.61. The molecule has 0 spiro atoms. The van der Waals surface area contributed by atoms with E-state index in [1.165, 1.54) is 18.2 Å². The monoisotopic (exact) mass is 269 g/mol. The molecular formula is C14H20FNO3. The smallest absolute Gasteiger partial charge is 0.145 e. The lowest BCUT2D eigenvalue weighted by Crippen LogP contribution is -2.38. The molecule has 2 N–H and O–H groups in total. The number of hydrogen-bond acceptors (Lipinski definition) is 4. The quantitative estimate of drug-likeness (QED) is 0.853. The lowest BCUT2D eigenvalue weighted by Gasteiger charge is -2.33. The van der Waals surface area contributed by atoms with Crippen LogP contribution in [0, 0.1) is 5.82 Å². The number of nitrogens with two attached hydrogens (primary N) is 1. The first-order chi connectivity index (χ1) is 9.12. The molecule has 0 bridgehead atoms. The van der Waals surface area contributed by atoms with Gasteiger partial charge < -0.3 is 19.9 Å². The van der Waals surface area contributed by atoms with Crippen molar-refractivity contribution < 1.29 is 18.6 Å². The second-order valence-corrected chi connectivity index (χ2v) is 4.84. The largest absolute Gasteiger partial charge is 0.488 e. The number of rotatable bonds is 4. The maximum atomic E-state index is 13.2. The zero-order chi connectivity index (χ0) is 13.8. The summed E-state index contributed by atoms with van der Waals surface area (Å²) in [5, 5.41) is 0. The lowest BCUT2D eigenvalue weighted by molar-refractivity contribution is -0.0498. The highest BCUT2D eigenvalue weighted by Crippen LogP contribution is 2.30. The van der Waals surface area contributed by atoms with Crippen molar-refractivity contribution in [3.8, 4) is 5.75 Å².